The maximum atomic E-state index is 6.24. The molecule has 0 aliphatic carbocycles. The summed E-state index contributed by atoms with van der Waals surface area (Å²) >= 11 is 24.3. The molecule has 0 aliphatic heterocycles. The van der Waals surface area contributed by atoms with Gasteiger partial charge in [0.2, 0.25) is 0 Å². The molecule has 19 heavy (non-hydrogen) atoms. The first-order valence-electron chi connectivity index (χ1n) is 5.66. The van der Waals surface area contributed by atoms with Gasteiger partial charge in [-0.05, 0) is 48.4 Å². The van der Waals surface area contributed by atoms with E-state index >= 15 is 0 Å². The molecule has 0 heterocycles. The van der Waals surface area contributed by atoms with Crippen LogP contribution < -0.4 is 5.73 Å². The molecule has 0 aromatic heterocycles. The van der Waals surface area contributed by atoms with Gasteiger partial charge in [-0.25, -0.2) is 0 Å². The van der Waals surface area contributed by atoms with Gasteiger partial charge in [-0.1, -0.05) is 52.5 Å². The highest BCUT2D eigenvalue weighted by Crippen LogP contribution is 2.37. The van der Waals surface area contributed by atoms with E-state index in [9.17, 15) is 0 Å². The molecule has 0 radical (unpaired) electrons. The van der Waals surface area contributed by atoms with Gasteiger partial charge in [-0.3, -0.25) is 0 Å². The van der Waals surface area contributed by atoms with Crippen molar-refractivity contribution < 1.29 is 0 Å². The van der Waals surface area contributed by atoms with Crippen molar-refractivity contribution in [3.8, 4) is 11.1 Å². The minimum Gasteiger partial charge on any atom is -0.330 e. The second-order valence-electron chi connectivity index (χ2n) is 4.09. The quantitative estimate of drug-likeness (QED) is 0.740. The summed E-state index contributed by atoms with van der Waals surface area (Å²) in [6.45, 7) is 0.549. The third-order valence-corrected chi connectivity index (χ3v) is 4.06. The molecule has 0 saturated carbocycles. The van der Waals surface area contributed by atoms with Gasteiger partial charge in [0.25, 0.3) is 0 Å². The molecule has 0 atom stereocenters. The van der Waals surface area contributed by atoms with Gasteiger partial charge in [0.05, 0.1) is 10.0 Å². The van der Waals surface area contributed by atoms with E-state index in [1.54, 1.807) is 12.1 Å². The average molecular weight is 335 g/mol. The van der Waals surface area contributed by atoms with Crippen molar-refractivity contribution >= 4 is 46.4 Å². The molecule has 2 aromatic carbocycles. The van der Waals surface area contributed by atoms with E-state index in [0.717, 1.165) is 23.1 Å². The Bertz CT molecular complexity index is 611. The van der Waals surface area contributed by atoms with E-state index in [0.29, 0.717) is 26.6 Å². The van der Waals surface area contributed by atoms with E-state index in [4.69, 9.17) is 52.1 Å². The van der Waals surface area contributed by atoms with Crippen molar-refractivity contribution in [3.63, 3.8) is 0 Å². The van der Waals surface area contributed by atoms with Crippen molar-refractivity contribution in [1.82, 2.24) is 0 Å². The van der Waals surface area contributed by atoms with Crippen LogP contribution in [0, 0.1) is 0 Å². The number of hydrogen-bond acceptors (Lipinski definition) is 1. The first kappa shape index (κ1) is 15.0. The lowest BCUT2D eigenvalue weighted by molar-refractivity contribution is 0.971. The summed E-state index contributed by atoms with van der Waals surface area (Å²) in [5, 5.41) is 2.06. The summed E-state index contributed by atoms with van der Waals surface area (Å²) in [6, 6.07) is 9.02. The van der Waals surface area contributed by atoms with Gasteiger partial charge in [-0.15, -0.1) is 0 Å². The van der Waals surface area contributed by atoms with Gasteiger partial charge in [0, 0.05) is 15.6 Å². The summed E-state index contributed by atoms with van der Waals surface area (Å²) in [5.74, 6) is 0. The molecule has 100 valence electrons. The third-order valence-electron chi connectivity index (χ3n) is 2.79. The first-order valence-corrected chi connectivity index (χ1v) is 7.17. The minimum atomic E-state index is 0.429. The van der Waals surface area contributed by atoms with Crippen LogP contribution in [0.5, 0.6) is 0 Å². The van der Waals surface area contributed by atoms with Crippen LogP contribution in [0.4, 0.5) is 0 Å². The van der Waals surface area contributed by atoms with Crippen LogP contribution in [0.2, 0.25) is 20.1 Å². The van der Waals surface area contributed by atoms with Gasteiger partial charge >= 0.3 is 0 Å². The number of halogens is 4. The molecule has 0 aliphatic rings. The van der Waals surface area contributed by atoms with Crippen LogP contribution in [0.15, 0.2) is 30.3 Å². The SMILES string of the molecule is NCCc1ccc(Cl)cc1-c1cc(Cl)c(Cl)cc1Cl. The van der Waals surface area contributed by atoms with Gasteiger partial charge < -0.3 is 5.73 Å². The summed E-state index contributed by atoms with van der Waals surface area (Å²) in [5.41, 5.74) is 8.44. The number of nitrogens with two attached hydrogens (primary N) is 1. The van der Waals surface area contributed by atoms with E-state index < -0.39 is 0 Å². The molecule has 0 bridgehead atoms. The lowest BCUT2D eigenvalue weighted by atomic mass is 9.97. The zero-order chi connectivity index (χ0) is 14.0. The van der Waals surface area contributed by atoms with Crippen LogP contribution >= 0.6 is 46.4 Å². The second-order valence-corrected chi connectivity index (χ2v) is 5.74. The summed E-state index contributed by atoms with van der Waals surface area (Å²) in [6.07, 6.45) is 0.739. The Morgan fingerprint density at radius 2 is 1.47 bits per heavy atom. The maximum Gasteiger partial charge on any atom is 0.0607 e. The van der Waals surface area contributed by atoms with Crippen LogP contribution in [0.1, 0.15) is 5.56 Å². The Balaban J connectivity index is 2.63. The first-order chi connectivity index (χ1) is 9.02. The lowest BCUT2D eigenvalue weighted by Gasteiger charge is -2.12. The topological polar surface area (TPSA) is 26.0 Å². The molecule has 2 aromatic rings. The van der Waals surface area contributed by atoms with Gasteiger partial charge in [-0.2, -0.15) is 0 Å². The summed E-state index contributed by atoms with van der Waals surface area (Å²) < 4.78 is 0. The molecule has 0 spiro atoms. The normalized spacial score (nSPS) is 10.8. The van der Waals surface area contributed by atoms with Gasteiger partial charge in [0.15, 0.2) is 0 Å². The molecule has 2 N–H and O–H groups in total. The van der Waals surface area contributed by atoms with E-state index in [1.165, 1.54) is 0 Å². The maximum absolute atomic E-state index is 6.24. The Morgan fingerprint density at radius 1 is 0.789 bits per heavy atom. The Kier molecular flexibility index (Phi) is 4.99. The van der Waals surface area contributed by atoms with Crippen molar-refractivity contribution in [3.05, 3.63) is 56.0 Å². The summed E-state index contributed by atoms with van der Waals surface area (Å²) in [7, 11) is 0. The molecule has 0 saturated heterocycles. The van der Waals surface area contributed by atoms with Crippen LogP contribution in [0.25, 0.3) is 11.1 Å². The molecule has 0 amide bonds. The van der Waals surface area contributed by atoms with E-state index in [1.807, 2.05) is 18.2 Å². The van der Waals surface area contributed by atoms with E-state index in [2.05, 4.69) is 0 Å². The monoisotopic (exact) mass is 333 g/mol. The van der Waals surface area contributed by atoms with Crippen molar-refractivity contribution in [2.24, 2.45) is 5.73 Å². The Hall–Kier alpha value is -0.440. The predicted octanol–water partition coefficient (Wildman–Crippen LogP) is 5.47. The highest BCUT2D eigenvalue weighted by atomic mass is 35.5. The van der Waals surface area contributed by atoms with E-state index in [-0.39, 0.29) is 0 Å². The number of benzene rings is 2. The number of rotatable bonds is 3. The van der Waals surface area contributed by atoms with Crippen molar-refractivity contribution in [1.29, 1.82) is 0 Å². The van der Waals surface area contributed by atoms with Crippen LogP contribution in [0.3, 0.4) is 0 Å². The van der Waals surface area contributed by atoms with Crippen LogP contribution in [-0.2, 0) is 6.42 Å². The fourth-order valence-corrected chi connectivity index (χ4v) is 2.72. The van der Waals surface area contributed by atoms with Crippen LogP contribution in [-0.4, -0.2) is 6.54 Å². The highest BCUT2D eigenvalue weighted by Gasteiger charge is 2.12. The molecule has 2 rings (SSSR count). The van der Waals surface area contributed by atoms with Crippen molar-refractivity contribution in [2.75, 3.05) is 6.54 Å². The zero-order valence-corrected chi connectivity index (χ0v) is 12.9. The molecular weight excluding hydrogens is 324 g/mol. The minimum absolute atomic E-state index is 0.429. The van der Waals surface area contributed by atoms with Crippen molar-refractivity contribution in [2.45, 2.75) is 6.42 Å². The molecule has 1 nitrogen and oxygen atoms in total. The molecular formula is C14H11Cl4N. The lowest BCUT2D eigenvalue weighted by Crippen LogP contribution is -2.04. The fraction of sp³-hybridized carbons (Fsp3) is 0.143. The summed E-state index contributed by atoms with van der Waals surface area (Å²) in [4.78, 5) is 0. The zero-order valence-electron chi connectivity index (χ0n) is 9.89. The highest BCUT2D eigenvalue weighted by molar-refractivity contribution is 6.44. The predicted molar refractivity (Wildman–Crippen MR) is 84.7 cm³/mol. The smallest absolute Gasteiger partial charge is 0.0607 e. The van der Waals surface area contributed by atoms with Gasteiger partial charge in [0.1, 0.15) is 0 Å². The third kappa shape index (κ3) is 3.36. The molecule has 0 unspecified atom stereocenters. The Morgan fingerprint density at radius 3 is 2.16 bits per heavy atom. The molecule has 5 heteroatoms. The largest absolute Gasteiger partial charge is 0.330 e. The fourth-order valence-electron chi connectivity index (χ4n) is 1.90. The average Bonchev–Trinajstić information content (AvgIpc) is 2.36. The second kappa shape index (κ2) is 6.34. The Labute approximate surface area is 132 Å². The number of hydrogen-bond donors (Lipinski definition) is 1. The standard InChI is InChI=1S/C14H11Cl4N/c15-9-2-1-8(3-4-19)10(5-9)11-6-13(17)14(18)7-12(11)16/h1-2,5-7H,3-4,19H2. The molecule has 0 fully saturated rings.